The van der Waals surface area contributed by atoms with Gasteiger partial charge in [0.05, 0.1) is 35.5 Å². The van der Waals surface area contributed by atoms with E-state index in [0.29, 0.717) is 45.3 Å². The molecule has 0 saturated heterocycles. The fraction of sp³-hybridized carbons (Fsp3) is 0.250. The summed E-state index contributed by atoms with van der Waals surface area (Å²) in [6, 6.07) is 8.48. The molecule has 0 aliphatic carbocycles. The number of carbonyl (C=O) groups is 1. The van der Waals surface area contributed by atoms with Crippen LogP contribution in [0.15, 0.2) is 30.3 Å². The van der Waals surface area contributed by atoms with Crippen molar-refractivity contribution in [2.75, 3.05) is 40.9 Å². The van der Waals surface area contributed by atoms with Crippen LogP contribution in [-0.2, 0) is 0 Å². The summed E-state index contributed by atoms with van der Waals surface area (Å²) in [4.78, 5) is 17.1. The van der Waals surface area contributed by atoms with Gasteiger partial charge in [-0.2, -0.15) is 9.36 Å². The third-order valence-corrected chi connectivity index (χ3v) is 4.85. The standard InChI is InChI=1S/C20H21N3O6S/c1-25-13-7-6-11(8-14(13)26-2)18-21-20(30-23-18)22-19(24)12-9-15(27-3)17(29-5)16(10-12)28-4/h6-10H,1-5H3,(H,21,22,23,24). The Morgan fingerprint density at radius 2 is 1.47 bits per heavy atom. The zero-order valence-corrected chi connectivity index (χ0v) is 18.0. The van der Waals surface area contributed by atoms with Gasteiger partial charge in [0.1, 0.15) is 0 Å². The molecule has 3 aromatic rings. The van der Waals surface area contributed by atoms with E-state index in [1.54, 1.807) is 38.5 Å². The van der Waals surface area contributed by atoms with Crippen molar-refractivity contribution in [2.45, 2.75) is 0 Å². The Kier molecular flexibility index (Phi) is 6.58. The summed E-state index contributed by atoms with van der Waals surface area (Å²) in [5.74, 6) is 2.41. The number of nitrogens with zero attached hydrogens (tertiary/aromatic N) is 2. The van der Waals surface area contributed by atoms with E-state index in [1.165, 1.54) is 21.3 Å². The van der Waals surface area contributed by atoms with E-state index < -0.39 is 0 Å². The number of ether oxygens (including phenoxy) is 5. The average molecular weight is 431 g/mol. The Bertz CT molecular complexity index is 1030. The summed E-state index contributed by atoms with van der Waals surface area (Å²) in [6.45, 7) is 0. The average Bonchev–Trinajstić information content (AvgIpc) is 3.25. The van der Waals surface area contributed by atoms with E-state index in [-0.39, 0.29) is 5.91 Å². The molecule has 1 aromatic heterocycles. The summed E-state index contributed by atoms with van der Waals surface area (Å²) in [5.41, 5.74) is 1.06. The van der Waals surface area contributed by atoms with Crippen LogP contribution in [0, 0.1) is 0 Å². The van der Waals surface area contributed by atoms with Crippen LogP contribution in [0.4, 0.5) is 5.13 Å². The molecular formula is C20H21N3O6S. The lowest BCUT2D eigenvalue weighted by Crippen LogP contribution is -2.12. The van der Waals surface area contributed by atoms with Crippen LogP contribution < -0.4 is 29.0 Å². The highest BCUT2D eigenvalue weighted by molar-refractivity contribution is 7.10. The molecule has 1 amide bonds. The lowest BCUT2D eigenvalue weighted by atomic mass is 10.1. The molecule has 3 rings (SSSR count). The molecule has 0 fully saturated rings. The Morgan fingerprint density at radius 3 is 2.03 bits per heavy atom. The summed E-state index contributed by atoms with van der Waals surface area (Å²) in [6.07, 6.45) is 0. The van der Waals surface area contributed by atoms with Crippen molar-refractivity contribution in [3.05, 3.63) is 35.9 Å². The first-order valence-corrected chi connectivity index (χ1v) is 9.49. The third kappa shape index (κ3) is 4.23. The monoisotopic (exact) mass is 431 g/mol. The molecule has 30 heavy (non-hydrogen) atoms. The van der Waals surface area contributed by atoms with Crippen LogP contribution in [0.5, 0.6) is 28.7 Å². The molecule has 9 nitrogen and oxygen atoms in total. The van der Waals surface area contributed by atoms with E-state index >= 15 is 0 Å². The smallest absolute Gasteiger partial charge is 0.257 e. The van der Waals surface area contributed by atoms with Crippen molar-refractivity contribution in [1.82, 2.24) is 9.36 Å². The van der Waals surface area contributed by atoms with Crippen molar-refractivity contribution < 1.29 is 28.5 Å². The first kappa shape index (κ1) is 21.2. The Hall–Kier alpha value is -3.53. The van der Waals surface area contributed by atoms with Gasteiger partial charge >= 0.3 is 0 Å². The van der Waals surface area contributed by atoms with Crippen LogP contribution in [0.1, 0.15) is 10.4 Å². The third-order valence-electron chi connectivity index (χ3n) is 4.22. The number of rotatable bonds is 8. The van der Waals surface area contributed by atoms with E-state index in [0.717, 1.165) is 17.1 Å². The number of amides is 1. The topological polar surface area (TPSA) is 101 Å². The molecule has 10 heteroatoms. The fourth-order valence-corrected chi connectivity index (χ4v) is 3.33. The second kappa shape index (κ2) is 9.31. The van der Waals surface area contributed by atoms with Gasteiger partial charge in [-0.05, 0) is 30.3 Å². The molecule has 0 aliphatic heterocycles. The van der Waals surface area contributed by atoms with Gasteiger partial charge in [-0.1, -0.05) is 0 Å². The van der Waals surface area contributed by atoms with Crippen LogP contribution in [0.3, 0.4) is 0 Å². The number of carbonyl (C=O) groups excluding carboxylic acids is 1. The molecular weight excluding hydrogens is 410 g/mol. The maximum atomic E-state index is 12.7. The van der Waals surface area contributed by atoms with E-state index in [9.17, 15) is 4.79 Å². The predicted molar refractivity (Wildman–Crippen MR) is 113 cm³/mol. The fourth-order valence-electron chi connectivity index (χ4n) is 2.75. The molecule has 0 atom stereocenters. The molecule has 0 unspecified atom stereocenters. The largest absolute Gasteiger partial charge is 0.493 e. The molecule has 0 aliphatic rings. The minimum absolute atomic E-state index is 0.326. The predicted octanol–water partition coefficient (Wildman–Crippen LogP) is 3.50. The van der Waals surface area contributed by atoms with Crippen molar-refractivity contribution in [1.29, 1.82) is 0 Å². The summed E-state index contributed by atoms with van der Waals surface area (Å²) in [5, 5.41) is 3.08. The molecule has 2 aromatic carbocycles. The molecule has 0 saturated carbocycles. The highest BCUT2D eigenvalue weighted by Gasteiger charge is 2.18. The number of aromatic nitrogens is 2. The van der Waals surface area contributed by atoms with Crippen molar-refractivity contribution in [3.8, 4) is 40.1 Å². The van der Waals surface area contributed by atoms with Gasteiger partial charge in [-0.25, -0.2) is 0 Å². The summed E-state index contributed by atoms with van der Waals surface area (Å²) in [7, 11) is 7.59. The molecule has 0 spiro atoms. The molecule has 0 bridgehead atoms. The number of benzene rings is 2. The van der Waals surface area contributed by atoms with Crippen molar-refractivity contribution >= 4 is 22.6 Å². The van der Waals surface area contributed by atoms with E-state index in [1.807, 2.05) is 6.07 Å². The zero-order chi connectivity index (χ0) is 21.7. The number of nitrogens with one attached hydrogen (secondary N) is 1. The quantitative estimate of drug-likeness (QED) is 0.578. The number of hydrogen-bond acceptors (Lipinski definition) is 9. The van der Waals surface area contributed by atoms with E-state index in [2.05, 4.69) is 14.7 Å². The SMILES string of the molecule is COc1ccc(-c2nsc(NC(=O)c3cc(OC)c(OC)c(OC)c3)n2)cc1OC. The first-order valence-electron chi connectivity index (χ1n) is 8.72. The highest BCUT2D eigenvalue weighted by atomic mass is 32.1. The number of hydrogen-bond donors (Lipinski definition) is 1. The molecule has 1 N–H and O–H groups in total. The first-order chi connectivity index (χ1) is 14.5. The lowest BCUT2D eigenvalue weighted by molar-refractivity contribution is 0.102. The van der Waals surface area contributed by atoms with Gasteiger partial charge in [0.15, 0.2) is 28.8 Å². The molecule has 0 radical (unpaired) electrons. The molecule has 158 valence electrons. The number of methoxy groups -OCH3 is 5. The second-order valence-electron chi connectivity index (χ2n) is 5.86. The maximum Gasteiger partial charge on any atom is 0.257 e. The van der Waals surface area contributed by atoms with Gasteiger partial charge in [-0.3, -0.25) is 10.1 Å². The lowest BCUT2D eigenvalue weighted by Gasteiger charge is -2.13. The Morgan fingerprint density at radius 1 is 0.833 bits per heavy atom. The summed E-state index contributed by atoms with van der Waals surface area (Å²) < 4.78 is 30.7. The second-order valence-corrected chi connectivity index (χ2v) is 6.61. The number of anilines is 1. The minimum Gasteiger partial charge on any atom is -0.493 e. The van der Waals surface area contributed by atoms with Crippen molar-refractivity contribution in [3.63, 3.8) is 0 Å². The van der Waals surface area contributed by atoms with Crippen LogP contribution in [0.25, 0.3) is 11.4 Å². The van der Waals surface area contributed by atoms with Crippen molar-refractivity contribution in [2.24, 2.45) is 0 Å². The van der Waals surface area contributed by atoms with Crippen LogP contribution in [0.2, 0.25) is 0 Å². The van der Waals surface area contributed by atoms with E-state index in [4.69, 9.17) is 23.7 Å². The Labute approximate surface area is 177 Å². The van der Waals surface area contributed by atoms with Crippen LogP contribution in [-0.4, -0.2) is 50.8 Å². The van der Waals surface area contributed by atoms with Gasteiger partial charge in [0.25, 0.3) is 5.91 Å². The molecule has 1 heterocycles. The van der Waals surface area contributed by atoms with Crippen LogP contribution >= 0.6 is 11.5 Å². The summed E-state index contributed by atoms with van der Waals surface area (Å²) >= 11 is 1.07. The Balaban J connectivity index is 1.83. The van der Waals surface area contributed by atoms with Gasteiger partial charge in [-0.15, -0.1) is 0 Å². The normalized spacial score (nSPS) is 10.3. The minimum atomic E-state index is -0.385. The van der Waals surface area contributed by atoms with Gasteiger partial charge in [0, 0.05) is 22.7 Å². The maximum absolute atomic E-state index is 12.7. The highest BCUT2D eigenvalue weighted by Crippen LogP contribution is 2.38. The van der Waals surface area contributed by atoms with Gasteiger partial charge in [0.2, 0.25) is 10.9 Å². The zero-order valence-electron chi connectivity index (χ0n) is 17.1. The van der Waals surface area contributed by atoms with Gasteiger partial charge < -0.3 is 23.7 Å².